The molecular weight excluding hydrogens is 212 g/mol. The van der Waals surface area contributed by atoms with Gasteiger partial charge in [-0.1, -0.05) is 13.8 Å². The van der Waals surface area contributed by atoms with Gasteiger partial charge in [0.2, 0.25) is 0 Å². The summed E-state index contributed by atoms with van der Waals surface area (Å²) < 4.78 is 5.76. The second-order valence-corrected chi connectivity index (χ2v) is 5.59. The fourth-order valence-electron chi connectivity index (χ4n) is 2.59. The zero-order valence-electron chi connectivity index (χ0n) is 11.5. The third-order valence-corrected chi connectivity index (χ3v) is 4.15. The zero-order valence-corrected chi connectivity index (χ0v) is 11.5. The quantitative estimate of drug-likeness (QED) is 0.688. The highest BCUT2D eigenvalue weighted by Crippen LogP contribution is 2.28. The van der Waals surface area contributed by atoms with Crippen LogP contribution in [0.1, 0.15) is 39.5 Å². The van der Waals surface area contributed by atoms with Crippen LogP contribution < -0.4 is 5.32 Å². The minimum atomic E-state index is 0.682. The second kappa shape index (κ2) is 6.72. The van der Waals surface area contributed by atoms with E-state index in [1.54, 1.807) is 0 Å². The highest BCUT2D eigenvalue weighted by atomic mass is 16.5. The van der Waals surface area contributed by atoms with E-state index in [0.717, 1.165) is 32.2 Å². The van der Waals surface area contributed by atoms with Gasteiger partial charge in [0.05, 0.1) is 6.61 Å². The second-order valence-electron chi connectivity index (χ2n) is 5.59. The van der Waals surface area contributed by atoms with Gasteiger partial charge in [-0.25, -0.2) is 0 Å². The van der Waals surface area contributed by atoms with Crippen molar-refractivity contribution in [2.45, 2.75) is 51.6 Å². The summed E-state index contributed by atoms with van der Waals surface area (Å²) >= 11 is 0. The summed E-state index contributed by atoms with van der Waals surface area (Å²) in [6.07, 6.45) is 5.26. The maximum absolute atomic E-state index is 5.76. The Morgan fingerprint density at radius 2 is 2.06 bits per heavy atom. The van der Waals surface area contributed by atoms with Crippen molar-refractivity contribution in [1.82, 2.24) is 10.2 Å². The van der Waals surface area contributed by atoms with E-state index in [1.165, 1.54) is 32.2 Å². The summed E-state index contributed by atoms with van der Waals surface area (Å²) in [5.74, 6) is 0.892. The first-order valence-electron chi connectivity index (χ1n) is 7.38. The van der Waals surface area contributed by atoms with E-state index >= 15 is 0 Å². The van der Waals surface area contributed by atoms with Crippen molar-refractivity contribution in [3.63, 3.8) is 0 Å². The molecule has 0 aromatic rings. The first kappa shape index (κ1) is 13.3. The van der Waals surface area contributed by atoms with E-state index in [-0.39, 0.29) is 0 Å². The van der Waals surface area contributed by atoms with Gasteiger partial charge in [0.15, 0.2) is 0 Å². The first-order chi connectivity index (χ1) is 8.33. The Balaban J connectivity index is 1.66. The van der Waals surface area contributed by atoms with E-state index in [9.17, 15) is 0 Å². The molecule has 1 aliphatic carbocycles. The lowest BCUT2D eigenvalue weighted by molar-refractivity contribution is 0.0596. The van der Waals surface area contributed by atoms with E-state index < -0.39 is 0 Å². The Morgan fingerprint density at radius 3 is 2.71 bits per heavy atom. The Bertz CT molecular complexity index is 218. The smallest absolute Gasteiger partial charge is 0.0593 e. The molecule has 17 heavy (non-hydrogen) atoms. The van der Waals surface area contributed by atoms with Crippen molar-refractivity contribution in [2.75, 3.05) is 32.8 Å². The van der Waals surface area contributed by atoms with Crippen LogP contribution in [0.25, 0.3) is 0 Å². The lowest BCUT2D eigenvalue weighted by atomic mass is 10.1. The molecule has 0 radical (unpaired) electrons. The number of nitrogens with zero attached hydrogens (tertiary/aromatic N) is 1. The van der Waals surface area contributed by atoms with Crippen molar-refractivity contribution in [1.29, 1.82) is 0 Å². The Kier molecular flexibility index (Phi) is 5.26. The van der Waals surface area contributed by atoms with E-state index in [0.29, 0.717) is 12.1 Å². The normalized spacial score (nSPS) is 30.7. The molecule has 1 N–H and O–H groups in total. The van der Waals surface area contributed by atoms with Crippen LogP contribution in [0.2, 0.25) is 0 Å². The molecule has 3 nitrogen and oxygen atoms in total. The number of hydrogen-bond acceptors (Lipinski definition) is 3. The summed E-state index contributed by atoms with van der Waals surface area (Å²) in [5, 5.41) is 3.64. The predicted molar refractivity (Wildman–Crippen MR) is 71.3 cm³/mol. The number of nitrogens with one attached hydrogen (secondary N) is 1. The third-order valence-electron chi connectivity index (χ3n) is 4.15. The summed E-state index contributed by atoms with van der Waals surface area (Å²) in [6.45, 7) is 9.94. The molecule has 2 fully saturated rings. The number of piperazine rings is 1. The van der Waals surface area contributed by atoms with Crippen molar-refractivity contribution >= 4 is 0 Å². The van der Waals surface area contributed by atoms with Gasteiger partial charge in [-0.3, -0.25) is 4.90 Å². The van der Waals surface area contributed by atoms with Crippen LogP contribution in [0.4, 0.5) is 0 Å². The Morgan fingerprint density at radius 1 is 1.24 bits per heavy atom. The molecule has 2 aliphatic rings. The summed E-state index contributed by atoms with van der Waals surface area (Å²) in [6, 6.07) is 1.39. The molecule has 1 saturated carbocycles. The van der Waals surface area contributed by atoms with Crippen molar-refractivity contribution < 1.29 is 4.74 Å². The highest BCUT2D eigenvalue weighted by molar-refractivity contribution is 4.84. The number of rotatable bonds is 7. The number of ether oxygens (including phenoxy) is 1. The highest BCUT2D eigenvalue weighted by Gasteiger charge is 2.26. The van der Waals surface area contributed by atoms with Crippen molar-refractivity contribution in [3.05, 3.63) is 0 Å². The van der Waals surface area contributed by atoms with Gasteiger partial charge < -0.3 is 10.1 Å². The van der Waals surface area contributed by atoms with Gasteiger partial charge in [-0.2, -0.15) is 0 Å². The van der Waals surface area contributed by atoms with Gasteiger partial charge in [0.25, 0.3) is 0 Å². The van der Waals surface area contributed by atoms with Crippen molar-refractivity contribution in [3.8, 4) is 0 Å². The fraction of sp³-hybridized carbons (Fsp3) is 1.00. The molecule has 1 aliphatic heterocycles. The number of hydrogen-bond donors (Lipinski definition) is 1. The topological polar surface area (TPSA) is 24.5 Å². The van der Waals surface area contributed by atoms with Gasteiger partial charge >= 0.3 is 0 Å². The molecule has 0 amide bonds. The third kappa shape index (κ3) is 4.23. The van der Waals surface area contributed by atoms with Crippen LogP contribution in [0.15, 0.2) is 0 Å². The molecule has 2 unspecified atom stereocenters. The molecule has 2 rings (SSSR count). The van der Waals surface area contributed by atoms with Crippen LogP contribution in [-0.2, 0) is 4.74 Å². The fourth-order valence-corrected chi connectivity index (χ4v) is 2.59. The minimum absolute atomic E-state index is 0.682. The Labute approximate surface area is 106 Å². The van der Waals surface area contributed by atoms with Crippen LogP contribution in [0, 0.1) is 5.92 Å². The molecule has 0 aromatic carbocycles. The van der Waals surface area contributed by atoms with E-state index in [4.69, 9.17) is 4.74 Å². The maximum Gasteiger partial charge on any atom is 0.0593 e. The molecule has 3 heteroatoms. The molecule has 2 atom stereocenters. The monoisotopic (exact) mass is 240 g/mol. The lowest BCUT2D eigenvalue weighted by Gasteiger charge is -2.39. The Hall–Kier alpha value is -0.120. The van der Waals surface area contributed by atoms with Gasteiger partial charge in [-0.05, 0) is 31.6 Å². The van der Waals surface area contributed by atoms with E-state index in [2.05, 4.69) is 24.1 Å². The van der Waals surface area contributed by atoms with Crippen LogP contribution in [0.5, 0.6) is 0 Å². The zero-order chi connectivity index (χ0) is 12.1. The van der Waals surface area contributed by atoms with Crippen LogP contribution >= 0.6 is 0 Å². The minimum Gasteiger partial charge on any atom is -0.380 e. The average molecular weight is 240 g/mol. The SMILES string of the molecule is CCC1CN(CCOCC2CC2)C(CC)CN1. The summed E-state index contributed by atoms with van der Waals surface area (Å²) in [5.41, 5.74) is 0. The molecule has 0 spiro atoms. The van der Waals surface area contributed by atoms with Gasteiger partial charge in [-0.15, -0.1) is 0 Å². The molecular formula is C14H28N2O. The van der Waals surface area contributed by atoms with Gasteiger partial charge in [0, 0.05) is 38.3 Å². The maximum atomic E-state index is 5.76. The first-order valence-corrected chi connectivity index (χ1v) is 7.38. The van der Waals surface area contributed by atoms with Crippen molar-refractivity contribution in [2.24, 2.45) is 5.92 Å². The molecule has 1 saturated heterocycles. The van der Waals surface area contributed by atoms with E-state index in [1.807, 2.05) is 0 Å². The standard InChI is InChI=1S/C14H28N2O/c1-3-13-10-16(14(4-2)9-15-13)7-8-17-11-12-5-6-12/h12-15H,3-11H2,1-2H3. The average Bonchev–Trinajstić information content (AvgIpc) is 3.18. The molecule has 100 valence electrons. The molecule has 1 heterocycles. The van der Waals surface area contributed by atoms with Gasteiger partial charge in [0.1, 0.15) is 0 Å². The lowest BCUT2D eigenvalue weighted by Crippen LogP contribution is -2.56. The molecule has 0 bridgehead atoms. The largest absolute Gasteiger partial charge is 0.380 e. The summed E-state index contributed by atoms with van der Waals surface area (Å²) in [7, 11) is 0. The predicted octanol–water partition coefficient (Wildman–Crippen LogP) is 1.88. The molecule has 0 aromatic heterocycles. The summed E-state index contributed by atoms with van der Waals surface area (Å²) in [4.78, 5) is 2.62. The van der Waals surface area contributed by atoms with Crippen LogP contribution in [-0.4, -0.2) is 49.8 Å². The van der Waals surface area contributed by atoms with Crippen LogP contribution in [0.3, 0.4) is 0 Å².